The Kier molecular flexibility index (Phi) is 6.42. The van der Waals surface area contributed by atoms with Crippen molar-refractivity contribution in [3.63, 3.8) is 0 Å². The number of nitrogens with zero attached hydrogens (tertiary/aromatic N) is 2. The van der Waals surface area contributed by atoms with Crippen molar-refractivity contribution in [2.24, 2.45) is 0 Å². The molecule has 134 valence electrons. The van der Waals surface area contributed by atoms with Gasteiger partial charge in [-0.2, -0.15) is 0 Å². The van der Waals surface area contributed by atoms with Gasteiger partial charge in [-0.1, -0.05) is 43.7 Å². The molecular formula is C21H24N4O. The first-order valence-electron chi connectivity index (χ1n) is 8.93. The monoisotopic (exact) mass is 348 g/mol. The molecule has 2 N–H and O–H groups in total. The molecule has 3 rings (SSSR count). The number of hydrogen-bond donors (Lipinski definition) is 2. The highest BCUT2D eigenvalue weighted by atomic mass is 16.5. The van der Waals surface area contributed by atoms with Crippen molar-refractivity contribution in [1.29, 1.82) is 0 Å². The summed E-state index contributed by atoms with van der Waals surface area (Å²) >= 11 is 0. The van der Waals surface area contributed by atoms with E-state index < -0.39 is 0 Å². The predicted molar refractivity (Wildman–Crippen MR) is 106 cm³/mol. The van der Waals surface area contributed by atoms with Crippen LogP contribution in [-0.2, 0) is 6.61 Å². The van der Waals surface area contributed by atoms with Crippen LogP contribution in [0.2, 0.25) is 0 Å². The van der Waals surface area contributed by atoms with Crippen molar-refractivity contribution < 1.29 is 4.74 Å². The highest BCUT2D eigenvalue weighted by Gasteiger charge is 2.01. The Morgan fingerprint density at radius 1 is 0.923 bits per heavy atom. The largest absolute Gasteiger partial charge is 0.489 e. The first-order chi connectivity index (χ1) is 12.8. The van der Waals surface area contributed by atoms with E-state index in [4.69, 9.17) is 4.74 Å². The Labute approximate surface area is 154 Å². The molecular weight excluding hydrogens is 324 g/mol. The van der Waals surface area contributed by atoms with Crippen LogP contribution in [0.1, 0.15) is 25.3 Å². The van der Waals surface area contributed by atoms with Gasteiger partial charge in [0.05, 0.1) is 0 Å². The Bertz CT molecular complexity index is 791. The number of aromatic nitrogens is 2. The molecule has 1 aromatic heterocycles. The number of anilines is 3. The molecule has 0 fully saturated rings. The van der Waals surface area contributed by atoms with Crippen LogP contribution >= 0.6 is 0 Å². The Balaban J connectivity index is 1.54. The van der Waals surface area contributed by atoms with Crippen molar-refractivity contribution in [2.75, 3.05) is 17.2 Å². The third kappa shape index (κ3) is 5.48. The predicted octanol–water partition coefficient (Wildman–Crippen LogP) is 5.01. The lowest BCUT2D eigenvalue weighted by atomic mass is 10.2. The smallest absolute Gasteiger partial charge is 0.135 e. The zero-order valence-electron chi connectivity index (χ0n) is 15.0. The molecule has 5 heteroatoms. The summed E-state index contributed by atoms with van der Waals surface area (Å²) in [5, 5.41) is 6.59. The summed E-state index contributed by atoms with van der Waals surface area (Å²) in [4.78, 5) is 8.51. The average molecular weight is 348 g/mol. The number of hydrogen-bond acceptors (Lipinski definition) is 5. The molecule has 2 aromatic carbocycles. The third-order valence-electron chi connectivity index (χ3n) is 3.88. The molecule has 0 amide bonds. The van der Waals surface area contributed by atoms with Crippen molar-refractivity contribution in [3.8, 4) is 5.75 Å². The summed E-state index contributed by atoms with van der Waals surface area (Å²) in [7, 11) is 0. The lowest BCUT2D eigenvalue weighted by Crippen LogP contribution is -2.04. The van der Waals surface area contributed by atoms with E-state index in [1.54, 1.807) is 6.33 Å². The first-order valence-corrected chi connectivity index (χ1v) is 8.93. The molecule has 0 atom stereocenters. The summed E-state index contributed by atoms with van der Waals surface area (Å²) in [5.74, 6) is 2.43. The fraction of sp³-hybridized carbons (Fsp3) is 0.238. The molecule has 0 aliphatic heterocycles. The van der Waals surface area contributed by atoms with Crippen LogP contribution in [0, 0.1) is 0 Å². The van der Waals surface area contributed by atoms with Crippen LogP contribution in [0.4, 0.5) is 17.3 Å². The number of ether oxygens (including phenoxy) is 1. The van der Waals surface area contributed by atoms with Gasteiger partial charge in [0.1, 0.15) is 30.3 Å². The molecule has 0 radical (unpaired) electrons. The summed E-state index contributed by atoms with van der Waals surface area (Å²) in [5.41, 5.74) is 2.11. The molecule has 26 heavy (non-hydrogen) atoms. The Morgan fingerprint density at radius 3 is 2.46 bits per heavy atom. The lowest BCUT2D eigenvalue weighted by Gasteiger charge is -2.10. The van der Waals surface area contributed by atoms with Gasteiger partial charge in [0.25, 0.3) is 0 Å². The topological polar surface area (TPSA) is 59.1 Å². The van der Waals surface area contributed by atoms with Gasteiger partial charge in [-0.3, -0.25) is 0 Å². The second-order valence-corrected chi connectivity index (χ2v) is 5.99. The SMILES string of the molecule is CCCCNc1cc(Nc2ccc(OCc3ccccc3)cc2)ncn1. The van der Waals surface area contributed by atoms with Crippen LogP contribution in [0.25, 0.3) is 0 Å². The van der Waals surface area contributed by atoms with E-state index in [1.165, 1.54) is 0 Å². The quantitative estimate of drug-likeness (QED) is 0.532. The zero-order chi connectivity index (χ0) is 18.0. The van der Waals surface area contributed by atoms with E-state index in [1.807, 2.05) is 48.5 Å². The molecule has 0 aliphatic rings. The zero-order valence-corrected chi connectivity index (χ0v) is 15.0. The maximum atomic E-state index is 5.81. The van der Waals surface area contributed by atoms with E-state index in [0.717, 1.165) is 48.0 Å². The molecule has 0 saturated heterocycles. The maximum Gasteiger partial charge on any atom is 0.135 e. The number of benzene rings is 2. The van der Waals surface area contributed by atoms with E-state index in [-0.39, 0.29) is 0 Å². The molecule has 0 bridgehead atoms. The molecule has 0 aliphatic carbocycles. The molecule has 0 unspecified atom stereocenters. The van der Waals surface area contributed by atoms with Gasteiger partial charge in [0, 0.05) is 18.3 Å². The van der Waals surface area contributed by atoms with Gasteiger partial charge < -0.3 is 15.4 Å². The summed E-state index contributed by atoms with van der Waals surface area (Å²) in [6, 6.07) is 19.9. The van der Waals surface area contributed by atoms with Crippen LogP contribution in [0.15, 0.2) is 67.0 Å². The molecule has 1 heterocycles. The minimum Gasteiger partial charge on any atom is -0.489 e. The van der Waals surface area contributed by atoms with Gasteiger partial charge in [-0.05, 0) is 36.2 Å². The van der Waals surface area contributed by atoms with Gasteiger partial charge in [0.15, 0.2) is 0 Å². The van der Waals surface area contributed by atoms with E-state index in [0.29, 0.717) is 6.61 Å². The molecule has 5 nitrogen and oxygen atoms in total. The summed E-state index contributed by atoms with van der Waals surface area (Å²) < 4.78 is 5.81. The number of nitrogens with one attached hydrogen (secondary N) is 2. The minimum absolute atomic E-state index is 0.562. The van der Waals surface area contributed by atoms with Crippen molar-refractivity contribution in [3.05, 3.63) is 72.6 Å². The fourth-order valence-corrected chi connectivity index (χ4v) is 2.44. The second kappa shape index (κ2) is 9.42. The van der Waals surface area contributed by atoms with Gasteiger partial charge >= 0.3 is 0 Å². The standard InChI is InChI=1S/C21H24N4O/c1-2-3-13-22-20-14-21(24-16-23-20)25-18-9-11-19(12-10-18)26-15-17-7-5-4-6-8-17/h4-12,14,16H,2-3,13,15H2,1H3,(H2,22,23,24,25). The number of unbranched alkanes of at least 4 members (excludes halogenated alkanes) is 1. The normalized spacial score (nSPS) is 10.3. The van der Waals surface area contributed by atoms with Crippen molar-refractivity contribution >= 4 is 17.3 Å². The van der Waals surface area contributed by atoms with Crippen molar-refractivity contribution in [2.45, 2.75) is 26.4 Å². The van der Waals surface area contributed by atoms with E-state index >= 15 is 0 Å². The van der Waals surface area contributed by atoms with Crippen LogP contribution in [0.3, 0.4) is 0 Å². The average Bonchev–Trinajstić information content (AvgIpc) is 2.69. The minimum atomic E-state index is 0.562. The van der Waals surface area contributed by atoms with E-state index in [9.17, 15) is 0 Å². The second-order valence-electron chi connectivity index (χ2n) is 5.99. The highest BCUT2D eigenvalue weighted by molar-refractivity contribution is 5.59. The van der Waals surface area contributed by atoms with Crippen LogP contribution < -0.4 is 15.4 Å². The van der Waals surface area contributed by atoms with Gasteiger partial charge in [-0.15, -0.1) is 0 Å². The van der Waals surface area contributed by atoms with E-state index in [2.05, 4.69) is 39.7 Å². The molecule has 0 spiro atoms. The van der Waals surface area contributed by atoms with Gasteiger partial charge in [0.2, 0.25) is 0 Å². The summed E-state index contributed by atoms with van der Waals surface area (Å²) in [6.07, 6.45) is 3.84. The first kappa shape index (κ1) is 17.7. The molecule has 0 saturated carbocycles. The maximum absolute atomic E-state index is 5.81. The third-order valence-corrected chi connectivity index (χ3v) is 3.88. The summed E-state index contributed by atoms with van der Waals surface area (Å²) in [6.45, 7) is 3.65. The Morgan fingerprint density at radius 2 is 1.69 bits per heavy atom. The van der Waals surface area contributed by atoms with Crippen LogP contribution in [0.5, 0.6) is 5.75 Å². The molecule has 3 aromatic rings. The van der Waals surface area contributed by atoms with Crippen molar-refractivity contribution in [1.82, 2.24) is 9.97 Å². The highest BCUT2D eigenvalue weighted by Crippen LogP contribution is 2.20. The fourth-order valence-electron chi connectivity index (χ4n) is 2.44. The lowest BCUT2D eigenvalue weighted by molar-refractivity contribution is 0.306. The van der Waals surface area contributed by atoms with Gasteiger partial charge in [-0.25, -0.2) is 9.97 Å². The van der Waals surface area contributed by atoms with Crippen LogP contribution in [-0.4, -0.2) is 16.5 Å². The number of rotatable bonds is 9. The Hall–Kier alpha value is -3.08.